The molecule has 0 spiro atoms. The molecule has 2 heteroatoms. The van der Waals surface area contributed by atoms with Crippen LogP contribution in [0.5, 0.6) is 0 Å². The summed E-state index contributed by atoms with van der Waals surface area (Å²) in [4.78, 5) is 4.84. The summed E-state index contributed by atoms with van der Waals surface area (Å²) in [6, 6.07) is 17.2. The van der Waals surface area contributed by atoms with Crippen LogP contribution >= 0.6 is 11.3 Å². The second-order valence-electron chi connectivity index (χ2n) is 5.13. The molecule has 0 saturated carbocycles. The van der Waals surface area contributed by atoms with Crippen molar-refractivity contribution in [3.63, 3.8) is 0 Å². The van der Waals surface area contributed by atoms with Crippen molar-refractivity contribution in [1.29, 1.82) is 0 Å². The third-order valence-electron chi connectivity index (χ3n) is 3.98. The summed E-state index contributed by atoms with van der Waals surface area (Å²) in [5.74, 6) is 0. The Morgan fingerprint density at radius 3 is 2.70 bits per heavy atom. The van der Waals surface area contributed by atoms with Crippen LogP contribution in [0, 0.1) is 0 Å². The van der Waals surface area contributed by atoms with E-state index in [-0.39, 0.29) is 0 Å². The number of hydrogen-bond acceptors (Lipinski definition) is 2. The fourth-order valence-electron chi connectivity index (χ4n) is 3.04. The number of nitrogens with zero attached hydrogens (tertiary/aromatic N) is 1. The minimum Gasteiger partial charge on any atom is -0.236 e. The largest absolute Gasteiger partial charge is 0.236 e. The maximum absolute atomic E-state index is 4.84. The fourth-order valence-corrected chi connectivity index (χ4v) is 4.07. The molecule has 0 amide bonds. The molecule has 0 N–H and O–H groups in total. The van der Waals surface area contributed by atoms with Crippen molar-refractivity contribution in [3.05, 3.63) is 64.7 Å². The van der Waals surface area contributed by atoms with Gasteiger partial charge in [-0.1, -0.05) is 43.3 Å². The Hall–Kier alpha value is -1.93. The Morgan fingerprint density at radius 2 is 1.85 bits per heavy atom. The summed E-state index contributed by atoms with van der Waals surface area (Å²) in [5.41, 5.74) is 6.88. The van der Waals surface area contributed by atoms with E-state index in [0.29, 0.717) is 0 Å². The highest BCUT2D eigenvalue weighted by molar-refractivity contribution is 7.19. The Morgan fingerprint density at radius 1 is 1.05 bits per heavy atom. The van der Waals surface area contributed by atoms with Crippen molar-refractivity contribution in [2.24, 2.45) is 0 Å². The normalized spacial score (nSPS) is 14.1. The Balaban J connectivity index is 1.90. The highest BCUT2D eigenvalue weighted by Gasteiger charge is 2.22. The monoisotopic (exact) mass is 277 g/mol. The Labute approximate surface area is 122 Å². The van der Waals surface area contributed by atoms with Gasteiger partial charge in [0, 0.05) is 6.42 Å². The molecule has 0 aliphatic heterocycles. The molecule has 98 valence electrons. The van der Waals surface area contributed by atoms with Gasteiger partial charge >= 0.3 is 0 Å². The van der Waals surface area contributed by atoms with Gasteiger partial charge in [-0.3, -0.25) is 0 Å². The van der Waals surface area contributed by atoms with Gasteiger partial charge in [0.1, 0.15) is 5.01 Å². The first-order valence-corrected chi connectivity index (χ1v) is 7.84. The minimum absolute atomic E-state index is 1.03. The van der Waals surface area contributed by atoms with E-state index in [0.717, 1.165) is 18.4 Å². The van der Waals surface area contributed by atoms with E-state index in [1.54, 1.807) is 0 Å². The SMILES string of the molecule is CCC1=C(c2nc3ccccc3s2)Cc2ccccc21. The Kier molecular flexibility index (Phi) is 2.71. The lowest BCUT2D eigenvalue weighted by Gasteiger charge is -2.03. The number of fused-ring (bicyclic) bond motifs is 2. The molecule has 0 unspecified atom stereocenters. The molecule has 2 aromatic carbocycles. The van der Waals surface area contributed by atoms with Crippen molar-refractivity contribution in [3.8, 4) is 0 Å². The number of para-hydroxylation sites is 1. The number of aromatic nitrogens is 1. The second-order valence-corrected chi connectivity index (χ2v) is 6.16. The molecule has 0 saturated heterocycles. The predicted molar refractivity (Wildman–Crippen MR) is 86.9 cm³/mol. The second kappa shape index (κ2) is 4.57. The maximum Gasteiger partial charge on any atom is 0.121 e. The number of allylic oxidation sites excluding steroid dienone is 2. The minimum atomic E-state index is 1.03. The topological polar surface area (TPSA) is 12.9 Å². The molecule has 1 aliphatic carbocycles. The van der Waals surface area contributed by atoms with Gasteiger partial charge < -0.3 is 0 Å². The van der Waals surface area contributed by atoms with Crippen LogP contribution in [0.3, 0.4) is 0 Å². The lowest BCUT2D eigenvalue weighted by molar-refractivity contribution is 1.25. The molecule has 1 aliphatic rings. The molecule has 0 radical (unpaired) electrons. The molecule has 0 fully saturated rings. The van der Waals surface area contributed by atoms with Crippen molar-refractivity contribution in [2.45, 2.75) is 19.8 Å². The van der Waals surface area contributed by atoms with E-state index in [4.69, 9.17) is 4.98 Å². The van der Waals surface area contributed by atoms with Crippen molar-refractivity contribution in [1.82, 2.24) is 4.98 Å². The van der Waals surface area contributed by atoms with Gasteiger partial charge in [-0.15, -0.1) is 11.3 Å². The summed E-state index contributed by atoms with van der Waals surface area (Å²) in [6.07, 6.45) is 2.10. The van der Waals surface area contributed by atoms with E-state index < -0.39 is 0 Å². The lowest BCUT2D eigenvalue weighted by atomic mass is 10.0. The van der Waals surface area contributed by atoms with Gasteiger partial charge in [0.2, 0.25) is 0 Å². The van der Waals surface area contributed by atoms with Crippen LogP contribution in [-0.4, -0.2) is 4.98 Å². The summed E-state index contributed by atoms with van der Waals surface area (Å²) < 4.78 is 1.28. The summed E-state index contributed by atoms with van der Waals surface area (Å²) >= 11 is 1.82. The lowest BCUT2D eigenvalue weighted by Crippen LogP contribution is -1.84. The first kappa shape index (κ1) is 11.9. The zero-order valence-electron chi connectivity index (χ0n) is 11.4. The smallest absolute Gasteiger partial charge is 0.121 e. The number of rotatable bonds is 2. The van der Waals surface area contributed by atoms with Gasteiger partial charge in [0.05, 0.1) is 10.2 Å². The zero-order valence-corrected chi connectivity index (χ0v) is 12.2. The Bertz CT molecular complexity index is 793. The van der Waals surface area contributed by atoms with Crippen LogP contribution in [0.1, 0.15) is 29.5 Å². The molecule has 1 aromatic heterocycles. The molecule has 1 nitrogen and oxygen atoms in total. The quantitative estimate of drug-likeness (QED) is 0.629. The average molecular weight is 277 g/mol. The average Bonchev–Trinajstić information content (AvgIpc) is 3.07. The summed E-state index contributed by atoms with van der Waals surface area (Å²) in [7, 11) is 0. The first-order valence-electron chi connectivity index (χ1n) is 7.03. The van der Waals surface area contributed by atoms with E-state index in [1.807, 2.05) is 11.3 Å². The molecule has 0 atom stereocenters. The van der Waals surface area contributed by atoms with Crippen LogP contribution in [0.15, 0.2) is 48.5 Å². The predicted octanol–water partition coefficient (Wildman–Crippen LogP) is 5.17. The van der Waals surface area contributed by atoms with Crippen LogP contribution in [0.2, 0.25) is 0 Å². The van der Waals surface area contributed by atoms with Crippen molar-refractivity contribution < 1.29 is 0 Å². The molecule has 3 aromatic rings. The van der Waals surface area contributed by atoms with Crippen LogP contribution in [0.4, 0.5) is 0 Å². The van der Waals surface area contributed by atoms with E-state index in [2.05, 4.69) is 55.5 Å². The molecular weight excluding hydrogens is 262 g/mol. The number of thiazole rings is 1. The molecule has 1 heterocycles. The molecule has 0 bridgehead atoms. The number of benzene rings is 2. The third-order valence-corrected chi connectivity index (χ3v) is 5.08. The summed E-state index contributed by atoms with van der Waals surface area (Å²) in [5, 5.41) is 1.19. The van der Waals surface area contributed by atoms with Gasteiger partial charge in [-0.2, -0.15) is 0 Å². The molecular formula is C18H15NS. The molecule has 4 rings (SSSR count). The highest BCUT2D eigenvalue weighted by Crippen LogP contribution is 2.41. The van der Waals surface area contributed by atoms with Gasteiger partial charge in [-0.25, -0.2) is 4.98 Å². The van der Waals surface area contributed by atoms with E-state index in [1.165, 1.54) is 32.0 Å². The van der Waals surface area contributed by atoms with Crippen molar-refractivity contribution in [2.75, 3.05) is 0 Å². The van der Waals surface area contributed by atoms with Crippen LogP contribution in [0.25, 0.3) is 21.4 Å². The van der Waals surface area contributed by atoms with E-state index in [9.17, 15) is 0 Å². The van der Waals surface area contributed by atoms with Gasteiger partial charge in [0.25, 0.3) is 0 Å². The standard InChI is InChI=1S/C18H15NS/c1-2-13-14-8-4-3-7-12(14)11-15(13)18-19-16-9-5-6-10-17(16)20-18/h3-10H,2,11H2,1H3. The first-order chi connectivity index (χ1) is 9.86. The van der Waals surface area contributed by atoms with Crippen LogP contribution < -0.4 is 0 Å². The highest BCUT2D eigenvalue weighted by atomic mass is 32.1. The zero-order chi connectivity index (χ0) is 13.5. The van der Waals surface area contributed by atoms with E-state index >= 15 is 0 Å². The number of hydrogen-bond donors (Lipinski definition) is 0. The molecule has 20 heavy (non-hydrogen) atoms. The maximum atomic E-state index is 4.84. The van der Waals surface area contributed by atoms with Crippen LogP contribution in [-0.2, 0) is 6.42 Å². The van der Waals surface area contributed by atoms with Gasteiger partial charge in [-0.05, 0) is 40.8 Å². The van der Waals surface area contributed by atoms with Crippen molar-refractivity contribution >= 4 is 32.7 Å². The fraction of sp³-hybridized carbons (Fsp3) is 0.167. The third kappa shape index (κ3) is 1.72. The van der Waals surface area contributed by atoms with Gasteiger partial charge in [0.15, 0.2) is 0 Å². The summed E-state index contributed by atoms with van der Waals surface area (Å²) in [6.45, 7) is 2.24.